The third-order valence-corrected chi connectivity index (χ3v) is 3.81. The molecule has 2 heteroatoms. The van der Waals surface area contributed by atoms with Crippen LogP contribution in [0.4, 0.5) is 0 Å². The van der Waals surface area contributed by atoms with Crippen LogP contribution >= 0.6 is 0 Å². The summed E-state index contributed by atoms with van der Waals surface area (Å²) in [6.07, 6.45) is 4.79. The Kier molecular flexibility index (Phi) is 2.89. The minimum atomic E-state index is -0.0972. The molecule has 0 aromatic heterocycles. The van der Waals surface area contributed by atoms with Gasteiger partial charge in [-0.1, -0.05) is 19.8 Å². The highest BCUT2D eigenvalue weighted by molar-refractivity contribution is 4.85. The average molecular weight is 184 g/mol. The lowest BCUT2D eigenvalue weighted by atomic mass is 9.84. The summed E-state index contributed by atoms with van der Waals surface area (Å²) < 4.78 is 5.31. The Labute approximate surface area is 80.3 Å². The standard InChI is InChI=1S/C11H20O2/c1-8-3-2-4-10(8)11(12)9-5-6-13-7-9/h8-12H,2-7H2,1H3. The van der Waals surface area contributed by atoms with Gasteiger partial charge >= 0.3 is 0 Å². The van der Waals surface area contributed by atoms with Crippen molar-refractivity contribution in [2.45, 2.75) is 38.7 Å². The van der Waals surface area contributed by atoms with Crippen molar-refractivity contribution < 1.29 is 9.84 Å². The van der Waals surface area contributed by atoms with Crippen LogP contribution in [0.1, 0.15) is 32.6 Å². The van der Waals surface area contributed by atoms with Crippen molar-refractivity contribution >= 4 is 0 Å². The van der Waals surface area contributed by atoms with E-state index in [0.717, 1.165) is 25.6 Å². The molecule has 0 spiro atoms. The van der Waals surface area contributed by atoms with Crippen LogP contribution in [-0.4, -0.2) is 24.4 Å². The van der Waals surface area contributed by atoms with E-state index in [9.17, 15) is 5.11 Å². The van der Waals surface area contributed by atoms with Gasteiger partial charge in [0.15, 0.2) is 0 Å². The first-order chi connectivity index (χ1) is 6.29. The zero-order valence-electron chi connectivity index (χ0n) is 8.41. The largest absolute Gasteiger partial charge is 0.392 e. The summed E-state index contributed by atoms with van der Waals surface area (Å²) in [5.74, 6) is 1.69. The van der Waals surface area contributed by atoms with Crippen molar-refractivity contribution in [3.63, 3.8) is 0 Å². The van der Waals surface area contributed by atoms with E-state index in [4.69, 9.17) is 4.74 Å². The molecule has 1 N–H and O–H groups in total. The van der Waals surface area contributed by atoms with Crippen molar-refractivity contribution in [2.75, 3.05) is 13.2 Å². The number of aliphatic hydroxyl groups is 1. The molecule has 2 aliphatic rings. The van der Waals surface area contributed by atoms with Crippen molar-refractivity contribution in [3.8, 4) is 0 Å². The van der Waals surface area contributed by atoms with E-state index >= 15 is 0 Å². The number of rotatable bonds is 2. The second kappa shape index (κ2) is 3.97. The molecule has 76 valence electrons. The molecule has 0 amide bonds. The number of hydrogen-bond donors (Lipinski definition) is 1. The SMILES string of the molecule is CC1CCCC1C(O)C1CCOC1. The summed E-state index contributed by atoms with van der Waals surface area (Å²) in [6.45, 7) is 3.91. The maximum absolute atomic E-state index is 10.1. The van der Waals surface area contributed by atoms with Crippen LogP contribution in [0.3, 0.4) is 0 Å². The molecular weight excluding hydrogens is 164 g/mol. The van der Waals surface area contributed by atoms with E-state index in [1.54, 1.807) is 0 Å². The summed E-state index contributed by atoms with van der Waals surface area (Å²) in [7, 11) is 0. The lowest BCUT2D eigenvalue weighted by Gasteiger charge is -2.26. The Morgan fingerprint density at radius 3 is 2.69 bits per heavy atom. The predicted molar refractivity (Wildman–Crippen MR) is 51.4 cm³/mol. The summed E-state index contributed by atoms with van der Waals surface area (Å²) in [4.78, 5) is 0. The molecule has 13 heavy (non-hydrogen) atoms. The van der Waals surface area contributed by atoms with Gasteiger partial charge in [0.1, 0.15) is 0 Å². The second-order valence-electron chi connectivity index (χ2n) is 4.69. The molecule has 0 aromatic rings. The number of ether oxygens (including phenoxy) is 1. The summed E-state index contributed by atoms with van der Waals surface area (Å²) in [5, 5.41) is 10.1. The van der Waals surface area contributed by atoms with Gasteiger partial charge in [-0.15, -0.1) is 0 Å². The first-order valence-electron chi connectivity index (χ1n) is 5.55. The first kappa shape index (κ1) is 9.47. The van der Waals surface area contributed by atoms with Crippen LogP contribution in [0.5, 0.6) is 0 Å². The van der Waals surface area contributed by atoms with E-state index < -0.39 is 0 Å². The van der Waals surface area contributed by atoms with Crippen molar-refractivity contribution in [3.05, 3.63) is 0 Å². The van der Waals surface area contributed by atoms with Gasteiger partial charge < -0.3 is 9.84 Å². The highest BCUT2D eigenvalue weighted by Gasteiger charge is 2.35. The van der Waals surface area contributed by atoms with Gasteiger partial charge in [0, 0.05) is 12.5 Å². The highest BCUT2D eigenvalue weighted by atomic mass is 16.5. The first-order valence-corrected chi connectivity index (χ1v) is 5.55. The molecule has 1 aliphatic carbocycles. The van der Waals surface area contributed by atoms with Gasteiger partial charge in [-0.25, -0.2) is 0 Å². The Morgan fingerprint density at radius 1 is 1.31 bits per heavy atom. The molecule has 1 saturated heterocycles. The summed E-state index contributed by atoms with van der Waals surface area (Å²) in [5.41, 5.74) is 0. The van der Waals surface area contributed by atoms with Crippen LogP contribution in [0, 0.1) is 17.8 Å². The van der Waals surface area contributed by atoms with E-state index in [1.807, 2.05) is 0 Å². The Hall–Kier alpha value is -0.0800. The number of hydrogen-bond acceptors (Lipinski definition) is 2. The Morgan fingerprint density at radius 2 is 2.15 bits per heavy atom. The fraction of sp³-hybridized carbons (Fsp3) is 1.00. The van der Waals surface area contributed by atoms with Crippen LogP contribution in [0.15, 0.2) is 0 Å². The molecular formula is C11H20O2. The molecule has 1 aliphatic heterocycles. The minimum absolute atomic E-state index is 0.0972. The quantitative estimate of drug-likeness (QED) is 0.709. The van der Waals surface area contributed by atoms with Crippen LogP contribution in [-0.2, 0) is 4.74 Å². The van der Waals surface area contributed by atoms with Gasteiger partial charge in [0.05, 0.1) is 12.7 Å². The molecule has 1 heterocycles. The molecule has 4 atom stereocenters. The van der Waals surface area contributed by atoms with Gasteiger partial charge in [0.25, 0.3) is 0 Å². The minimum Gasteiger partial charge on any atom is -0.392 e. The van der Waals surface area contributed by atoms with Crippen molar-refractivity contribution in [2.24, 2.45) is 17.8 Å². The van der Waals surface area contributed by atoms with Crippen molar-refractivity contribution in [1.29, 1.82) is 0 Å². The molecule has 1 saturated carbocycles. The third kappa shape index (κ3) is 1.89. The second-order valence-corrected chi connectivity index (χ2v) is 4.69. The van der Waals surface area contributed by atoms with Crippen LogP contribution in [0.2, 0.25) is 0 Å². The topological polar surface area (TPSA) is 29.5 Å². The predicted octanol–water partition coefficient (Wildman–Crippen LogP) is 1.82. The maximum Gasteiger partial charge on any atom is 0.0621 e. The monoisotopic (exact) mass is 184 g/mol. The molecule has 0 radical (unpaired) electrons. The zero-order chi connectivity index (χ0) is 9.26. The molecule has 0 bridgehead atoms. The molecule has 2 fully saturated rings. The lowest BCUT2D eigenvalue weighted by Crippen LogP contribution is -2.31. The zero-order valence-corrected chi connectivity index (χ0v) is 8.41. The Bertz CT molecular complexity index is 163. The van der Waals surface area contributed by atoms with Gasteiger partial charge in [-0.05, 0) is 24.7 Å². The van der Waals surface area contributed by atoms with E-state index in [1.165, 1.54) is 19.3 Å². The summed E-state index contributed by atoms with van der Waals surface area (Å²) >= 11 is 0. The average Bonchev–Trinajstić information content (AvgIpc) is 2.72. The lowest BCUT2D eigenvalue weighted by molar-refractivity contribution is 0.0306. The van der Waals surface area contributed by atoms with E-state index in [0.29, 0.717) is 11.8 Å². The number of aliphatic hydroxyl groups excluding tert-OH is 1. The summed E-state index contributed by atoms with van der Waals surface area (Å²) in [6, 6.07) is 0. The van der Waals surface area contributed by atoms with Gasteiger partial charge in [-0.2, -0.15) is 0 Å². The third-order valence-electron chi connectivity index (χ3n) is 3.81. The van der Waals surface area contributed by atoms with E-state index in [-0.39, 0.29) is 6.10 Å². The molecule has 2 rings (SSSR count). The molecule has 0 aromatic carbocycles. The molecule has 4 unspecified atom stereocenters. The van der Waals surface area contributed by atoms with Crippen LogP contribution < -0.4 is 0 Å². The smallest absolute Gasteiger partial charge is 0.0621 e. The van der Waals surface area contributed by atoms with Crippen molar-refractivity contribution in [1.82, 2.24) is 0 Å². The fourth-order valence-electron chi connectivity index (χ4n) is 2.85. The Balaban J connectivity index is 1.91. The molecule has 2 nitrogen and oxygen atoms in total. The van der Waals surface area contributed by atoms with Gasteiger partial charge in [0.2, 0.25) is 0 Å². The van der Waals surface area contributed by atoms with Crippen LogP contribution in [0.25, 0.3) is 0 Å². The normalized spacial score (nSPS) is 42.5. The highest BCUT2D eigenvalue weighted by Crippen LogP contribution is 2.37. The van der Waals surface area contributed by atoms with Gasteiger partial charge in [-0.3, -0.25) is 0 Å². The fourth-order valence-corrected chi connectivity index (χ4v) is 2.85. The van der Waals surface area contributed by atoms with E-state index in [2.05, 4.69) is 6.92 Å². The maximum atomic E-state index is 10.1.